The molecule has 29 heavy (non-hydrogen) atoms. The molecule has 0 aliphatic heterocycles. The van der Waals surface area contributed by atoms with Crippen molar-refractivity contribution in [1.82, 2.24) is 0 Å². The monoisotopic (exact) mass is 408 g/mol. The molecule has 0 bridgehead atoms. The molecule has 0 saturated heterocycles. The molecular weight excluding hydrogens is 373 g/mol. The topological polar surface area (TPSA) is 9.23 Å². The first kappa shape index (κ1) is 22.2. The van der Waals surface area contributed by atoms with Crippen LogP contribution in [-0.2, 0) is 0 Å². The second-order valence-corrected chi connectivity index (χ2v) is 9.17. The van der Waals surface area contributed by atoms with E-state index in [0.29, 0.717) is 5.92 Å². The van der Waals surface area contributed by atoms with Crippen LogP contribution >= 0.6 is 0 Å². The average molecular weight is 409 g/mol. The van der Waals surface area contributed by atoms with E-state index in [1.54, 1.807) is 12.1 Å². The highest BCUT2D eigenvalue weighted by molar-refractivity contribution is 5.64. The largest absolute Gasteiger partial charge is 0.573 e. The van der Waals surface area contributed by atoms with E-state index in [-0.39, 0.29) is 5.75 Å². The van der Waals surface area contributed by atoms with E-state index in [1.165, 1.54) is 76.3 Å². The van der Waals surface area contributed by atoms with Crippen LogP contribution in [0.3, 0.4) is 0 Å². The third-order valence-corrected chi connectivity index (χ3v) is 7.10. The Labute approximate surface area is 173 Å². The number of alkyl halides is 3. The van der Waals surface area contributed by atoms with Gasteiger partial charge in [-0.25, -0.2) is 0 Å². The second-order valence-electron chi connectivity index (χ2n) is 9.17. The van der Waals surface area contributed by atoms with Crippen LogP contribution in [0, 0.1) is 23.7 Å². The smallest absolute Gasteiger partial charge is 0.406 e. The number of benzene rings is 1. The van der Waals surface area contributed by atoms with Gasteiger partial charge in [0.1, 0.15) is 5.75 Å². The van der Waals surface area contributed by atoms with Crippen molar-refractivity contribution in [2.24, 2.45) is 23.7 Å². The predicted octanol–water partition coefficient (Wildman–Crippen LogP) is 8.40. The van der Waals surface area contributed by atoms with Gasteiger partial charge in [0.15, 0.2) is 0 Å². The lowest BCUT2D eigenvalue weighted by atomic mass is 9.68. The van der Waals surface area contributed by atoms with Gasteiger partial charge >= 0.3 is 6.36 Å². The van der Waals surface area contributed by atoms with Crippen LogP contribution in [0.25, 0.3) is 5.57 Å². The van der Waals surface area contributed by atoms with Crippen molar-refractivity contribution < 1.29 is 17.9 Å². The average Bonchev–Trinajstić information content (AvgIpc) is 2.69. The Hall–Kier alpha value is -1.45. The van der Waals surface area contributed by atoms with Gasteiger partial charge in [0.05, 0.1) is 0 Å². The fraction of sp³-hybridized carbons (Fsp3) is 0.680. The Bertz CT molecular complexity index is 646. The van der Waals surface area contributed by atoms with Crippen LogP contribution in [0.15, 0.2) is 30.3 Å². The number of rotatable bonds is 6. The van der Waals surface area contributed by atoms with Crippen LogP contribution in [0.5, 0.6) is 5.75 Å². The molecule has 0 N–H and O–H groups in total. The van der Waals surface area contributed by atoms with Crippen molar-refractivity contribution in [2.75, 3.05) is 0 Å². The summed E-state index contributed by atoms with van der Waals surface area (Å²) in [6, 6.07) is 6.22. The summed E-state index contributed by atoms with van der Waals surface area (Å²) in [5.41, 5.74) is 2.11. The molecule has 2 aliphatic carbocycles. The van der Waals surface area contributed by atoms with Gasteiger partial charge in [-0.2, -0.15) is 0 Å². The zero-order valence-electron chi connectivity index (χ0n) is 17.8. The van der Waals surface area contributed by atoms with E-state index >= 15 is 0 Å². The summed E-state index contributed by atoms with van der Waals surface area (Å²) in [6.07, 6.45) is 11.3. The van der Waals surface area contributed by atoms with Crippen LogP contribution in [-0.4, -0.2) is 6.36 Å². The molecule has 0 atom stereocenters. The van der Waals surface area contributed by atoms with Gasteiger partial charge in [-0.1, -0.05) is 50.8 Å². The second kappa shape index (κ2) is 10.0. The van der Waals surface area contributed by atoms with Crippen molar-refractivity contribution in [2.45, 2.75) is 84.4 Å². The molecule has 2 fully saturated rings. The van der Waals surface area contributed by atoms with Gasteiger partial charge < -0.3 is 4.74 Å². The molecule has 0 spiro atoms. The maximum atomic E-state index is 12.3. The first-order valence-electron chi connectivity index (χ1n) is 11.4. The molecular formula is C25H35F3O. The van der Waals surface area contributed by atoms with E-state index in [9.17, 15) is 13.2 Å². The molecule has 2 aliphatic rings. The highest BCUT2D eigenvalue weighted by atomic mass is 19.4. The summed E-state index contributed by atoms with van der Waals surface area (Å²) in [7, 11) is 0. The van der Waals surface area contributed by atoms with Crippen LogP contribution < -0.4 is 4.74 Å². The first-order valence-corrected chi connectivity index (χ1v) is 11.4. The summed E-state index contributed by atoms with van der Waals surface area (Å²) in [4.78, 5) is 0. The van der Waals surface area contributed by atoms with E-state index in [2.05, 4.69) is 24.7 Å². The number of halogens is 3. The summed E-state index contributed by atoms with van der Waals surface area (Å²) in [5.74, 6) is 3.25. The molecule has 1 aromatic rings. The third kappa shape index (κ3) is 6.79. The number of hydrogen-bond acceptors (Lipinski definition) is 1. The highest BCUT2D eigenvalue weighted by Gasteiger charge is 2.31. The zero-order valence-corrected chi connectivity index (χ0v) is 17.8. The molecule has 0 amide bonds. The molecule has 0 aromatic heterocycles. The van der Waals surface area contributed by atoms with Crippen LogP contribution in [0.4, 0.5) is 13.2 Å². The van der Waals surface area contributed by atoms with Crippen LogP contribution in [0.1, 0.15) is 83.6 Å². The molecule has 1 nitrogen and oxygen atoms in total. The van der Waals surface area contributed by atoms with Crippen molar-refractivity contribution >= 4 is 5.57 Å². The van der Waals surface area contributed by atoms with Gasteiger partial charge in [0.2, 0.25) is 0 Å². The fourth-order valence-electron chi connectivity index (χ4n) is 5.51. The van der Waals surface area contributed by atoms with Crippen LogP contribution in [0.2, 0.25) is 0 Å². The minimum absolute atomic E-state index is 0.164. The Morgan fingerprint density at radius 3 is 2.00 bits per heavy atom. The summed E-state index contributed by atoms with van der Waals surface area (Å²) < 4.78 is 40.8. The SMILES string of the molecule is CCCC1CCC(C2CCC(C=C(C)c3ccc(OC(F)(F)F)cc3)CC2)CC1. The normalized spacial score (nSPS) is 28.9. The molecule has 0 heterocycles. The van der Waals surface area contributed by atoms with Crippen molar-refractivity contribution in [1.29, 1.82) is 0 Å². The van der Waals surface area contributed by atoms with Gasteiger partial charge in [0.25, 0.3) is 0 Å². The number of allylic oxidation sites excluding steroid dienone is 2. The van der Waals surface area contributed by atoms with E-state index in [1.807, 2.05) is 0 Å². The maximum Gasteiger partial charge on any atom is 0.573 e. The summed E-state index contributed by atoms with van der Waals surface area (Å²) >= 11 is 0. The molecule has 4 heteroatoms. The van der Waals surface area contributed by atoms with Crippen molar-refractivity contribution in [3.8, 4) is 5.75 Å². The summed E-state index contributed by atoms with van der Waals surface area (Å²) in [5, 5.41) is 0. The molecule has 2 saturated carbocycles. The van der Waals surface area contributed by atoms with Crippen molar-refractivity contribution in [3.63, 3.8) is 0 Å². The van der Waals surface area contributed by atoms with E-state index in [0.717, 1.165) is 28.9 Å². The Kier molecular flexibility index (Phi) is 7.70. The first-order chi connectivity index (χ1) is 13.8. The molecule has 0 unspecified atom stereocenters. The number of hydrogen-bond donors (Lipinski definition) is 0. The lowest BCUT2D eigenvalue weighted by Crippen LogP contribution is -2.25. The molecule has 1 aromatic carbocycles. The Morgan fingerprint density at radius 2 is 1.48 bits per heavy atom. The number of ether oxygens (including phenoxy) is 1. The lowest BCUT2D eigenvalue weighted by Gasteiger charge is -2.37. The van der Waals surface area contributed by atoms with Gasteiger partial charge in [0, 0.05) is 0 Å². The molecule has 0 radical (unpaired) electrons. The summed E-state index contributed by atoms with van der Waals surface area (Å²) in [6.45, 7) is 4.36. The quantitative estimate of drug-likeness (QED) is 0.459. The fourth-order valence-corrected chi connectivity index (χ4v) is 5.51. The minimum Gasteiger partial charge on any atom is -0.406 e. The Balaban J connectivity index is 1.47. The minimum atomic E-state index is -4.64. The molecule has 3 rings (SSSR count). The van der Waals surface area contributed by atoms with Gasteiger partial charge in [-0.15, -0.1) is 13.2 Å². The third-order valence-electron chi connectivity index (χ3n) is 7.10. The highest BCUT2D eigenvalue weighted by Crippen LogP contribution is 2.42. The Morgan fingerprint density at radius 1 is 0.931 bits per heavy atom. The lowest BCUT2D eigenvalue weighted by molar-refractivity contribution is -0.274. The zero-order chi connectivity index (χ0) is 20.9. The standard InChI is InChI=1S/C25H35F3O/c1-3-4-19-5-9-22(10-6-19)23-11-7-20(8-12-23)17-18(2)21-13-15-24(16-14-21)29-25(26,27)28/h13-17,19-20,22-23H,3-12H2,1-2H3. The predicted molar refractivity (Wildman–Crippen MR) is 113 cm³/mol. The maximum absolute atomic E-state index is 12.3. The molecule has 162 valence electrons. The van der Waals surface area contributed by atoms with Gasteiger partial charge in [-0.3, -0.25) is 0 Å². The van der Waals surface area contributed by atoms with E-state index in [4.69, 9.17) is 0 Å². The van der Waals surface area contributed by atoms with E-state index < -0.39 is 6.36 Å². The van der Waals surface area contributed by atoms with Crippen molar-refractivity contribution in [3.05, 3.63) is 35.9 Å². The van der Waals surface area contributed by atoms with Gasteiger partial charge in [-0.05, 0) is 92.4 Å².